The fourth-order valence-electron chi connectivity index (χ4n) is 6.32. The number of methoxy groups -OCH3 is 2. The van der Waals surface area contributed by atoms with Gasteiger partial charge in [-0.05, 0) is 61.8 Å². The van der Waals surface area contributed by atoms with Gasteiger partial charge in [-0.15, -0.1) is 0 Å². The lowest BCUT2D eigenvalue weighted by Crippen LogP contribution is -2.34. The highest BCUT2D eigenvalue weighted by atomic mass is 35.5. The van der Waals surface area contributed by atoms with Gasteiger partial charge in [0.2, 0.25) is 11.8 Å². The zero-order valence-electron chi connectivity index (χ0n) is 26.5. The van der Waals surface area contributed by atoms with E-state index in [0.717, 1.165) is 0 Å². The van der Waals surface area contributed by atoms with Crippen molar-refractivity contribution in [3.8, 4) is 12.1 Å². The summed E-state index contributed by atoms with van der Waals surface area (Å²) in [6.45, 7) is 0.381. The first kappa shape index (κ1) is 39.2. The van der Waals surface area contributed by atoms with E-state index in [1.165, 1.54) is 38.5 Å². The molecule has 2 aliphatic carbocycles. The predicted octanol–water partition coefficient (Wildman–Crippen LogP) is 3.59. The fraction of sp³-hybridized carbons (Fsp3) is 0.500. The lowest BCUT2D eigenvalue weighted by atomic mass is 9.96. The summed E-state index contributed by atoms with van der Waals surface area (Å²) >= 11 is 12.1. The van der Waals surface area contributed by atoms with Crippen molar-refractivity contribution in [2.45, 2.75) is 46.0 Å². The van der Waals surface area contributed by atoms with Crippen LogP contribution in [-0.2, 0) is 38.7 Å². The van der Waals surface area contributed by atoms with Crippen molar-refractivity contribution < 1.29 is 35.9 Å². The molecule has 2 amide bonds. The van der Waals surface area contributed by atoms with Crippen LogP contribution in [0.4, 0.5) is 0 Å². The summed E-state index contributed by atoms with van der Waals surface area (Å²) in [5.74, 6) is -2.04. The second kappa shape index (κ2) is 18.0. The third-order valence-corrected chi connectivity index (χ3v) is 13.9. The number of rotatable bonds is 12. The molecule has 6 atom stereocenters. The Morgan fingerprint density at radius 1 is 0.708 bits per heavy atom. The molecule has 0 spiro atoms. The van der Waals surface area contributed by atoms with E-state index in [2.05, 4.69) is 10.6 Å². The van der Waals surface area contributed by atoms with Crippen molar-refractivity contribution in [1.29, 1.82) is 10.5 Å². The van der Waals surface area contributed by atoms with E-state index < -0.39 is 42.0 Å². The lowest BCUT2D eigenvalue weighted by molar-refractivity contribution is -0.127. The van der Waals surface area contributed by atoms with E-state index in [0.29, 0.717) is 26.1 Å². The third-order valence-electron chi connectivity index (χ3n) is 8.59. The quantitative estimate of drug-likeness (QED) is 0.304. The van der Waals surface area contributed by atoms with E-state index in [9.17, 15) is 26.4 Å². The smallest absolute Gasteiger partial charge is 0.224 e. The molecule has 2 aromatic carbocycles. The van der Waals surface area contributed by atoms with Crippen LogP contribution >= 0.6 is 23.2 Å². The van der Waals surface area contributed by atoms with Gasteiger partial charge in [0.05, 0.1) is 42.5 Å². The van der Waals surface area contributed by atoms with Crippen LogP contribution in [0.1, 0.15) is 25.7 Å². The molecule has 2 aromatic rings. The molecule has 2 N–H and O–H groups in total. The number of nitrogens with zero attached hydrogens (tertiary/aromatic N) is 2. The highest BCUT2D eigenvalue weighted by molar-refractivity contribution is 7.92. The average Bonchev–Trinajstić information content (AvgIpc) is 3.69. The largest absolute Gasteiger partial charge is 0.384 e. The Hall–Kier alpha value is -3.24. The van der Waals surface area contributed by atoms with Gasteiger partial charge in [0.1, 0.15) is 13.1 Å². The van der Waals surface area contributed by atoms with Crippen LogP contribution in [0.15, 0.2) is 58.3 Å². The Bertz CT molecular complexity index is 1620. The van der Waals surface area contributed by atoms with Gasteiger partial charge in [0.15, 0.2) is 19.7 Å². The molecule has 0 aromatic heterocycles. The molecule has 0 bridgehead atoms. The summed E-state index contributed by atoms with van der Waals surface area (Å²) in [6.07, 6.45) is 1.04. The average molecular weight is 742 g/mol. The Morgan fingerprint density at radius 3 is 1.38 bits per heavy atom. The number of nitrogens with one attached hydrogen (secondary N) is 2. The molecule has 2 saturated carbocycles. The summed E-state index contributed by atoms with van der Waals surface area (Å²) < 4.78 is 61.8. The number of carbonyl (C=O) groups is 2. The van der Waals surface area contributed by atoms with Crippen LogP contribution in [0.2, 0.25) is 10.0 Å². The van der Waals surface area contributed by atoms with Gasteiger partial charge in [-0.1, -0.05) is 47.5 Å². The minimum absolute atomic E-state index is 0.0888. The number of nitriles is 2. The maximum absolute atomic E-state index is 12.9. The highest BCUT2D eigenvalue weighted by Gasteiger charge is 2.46. The standard InChI is InChI=1S/2C16H19ClN2O4S/c2*1-23-10-11-8-12(9-13(11)16(20)19-7-6-18)24(21,22)15-5-3-2-4-14(15)17/h2*2-5,11-13H,7-10H2,1H3,(H,19,20)/t11-,12+,13+;11-,12-,13+/m00/s1. The van der Waals surface area contributed by atoms with Crippen molar-refractivity contribution >= 4 is 54.7 Å². The molecular weight excluding hydrogens is 703 g/mol. The van der Waals surface area contributed by atoms with Gasteiger partial charge in [-0.3, -0.25) is 9.59 Å². The van der Waals surface area contributed by atoms with E-state index >= 15 is 0 Å². The monoisotopic (exact) mass is 740 g/mol. The normalized spacial score (nSPS) is 23.6. The summed E-state index contributed by atoms with van der Waals surface area (Å²) in [6, 6.07) is 16.3. The lowest BCUT2D eigenvalue weighted by Gasteiger charge is -2.16. The molecule has 0 unspecified atom stereocenters. The molecule has 12 nitrogen and oxygen atoms in total. The minimum atomic E-state index is -3.64. The molecule has 0 heterocycles. The number of hydrogen-bond donors (Lipinski definition) is 2. The molecule has 2 aliphatic rings. The number of halogens is 2. The Morgan fingerprint density at radius 2 is 1.06 bits per heavy atom. The van der Waals surface area contributed by atoms with Crippen molar-refractivity contribution in [2.24, 2.45) is 23.7 Å². The summed E-state index contributed by atoms with van der Waals surface area (Å²) in [5, 5.41) is 21.2. The van der Waals surface area contributed by atoms with E-state index in [1.54, 1.807) is 24.3 Å². The molecule has 4 rings (SSSR count). The van der Waals surface area contributed by atoms with Crippen molar-refractivity contribution in [1.82, 2.24) is 10.6 Å². The topological polar surface area (TPSA) is 193 Å². The number of sulfone groups is 2. The van der Waals surface area contributed by atoms with E-state index in [1.807, 2.05) is 12.1 Å². The zero-order valence-corrected chi connectivity index (χ0v) is 29.6. The molecule has 0 radical (unpaired) electrons. The van der Waals surface area contributed by atoms with E-state index in [4.69, 9.17) is 43.2 Å². The van der Waals surface area contributed by atoms with Crippen LogP contribution in [0.5, 0.6) is 0 Å². The molecule has 260 valence electrons. The van der Waals surface area contributed by atoms with Crippen LogP contribution in [-0.4, -0.2) is 79.7 Å². The van der Waals surface area contributed by atoms with Crippen molar-refractivity contribution in [3.05, 3.63) is 58.6 Å². The van der Waals surface area contributed by atoms with Gasteiger partial charge in [-0.25, -0.2) is 16.8 Å². The van der Waals surface area contributed by atoms with Crippen molar-refractivity contribution in [3.63, 3.8) is 0 Å². The molecular formula is C32H38Cl2N4O8S2. The Kier molecular flexibility index (Phi) is 14.7. The van der Waals surface area contributed by atoms with Gasteiger partial charge < -0.3 is 20.1 Å². The van der Waals surface area contributed by atoms with Crippen LogP contribution < -0.4 is 10.6 Å². The molecule has 2 fully saturated rings. The minimum Gasteiger partial charge on any atom is -0.384 e. The van der Waals surface area contributed by atoms with Gasteiger partial charge in [-0.2, -0.15) is 10.5 Å². The zero-order chi connectivity index (χ0) is 35.5. The summed E-state index contributed by atoms with van der Waals surface area (Å²) in [5.41, 5.74) is 0. The predicted molar refractivity (Wildman–Crippen MR) is 178 cm³/mol. The van der Waals surface area contributed by atoms with E-state index in [-0.39, 0.29) is 69.4 Å². The molecule has 0 aliphatic heterocycles. The number of amides is 2. The van der Waals surface area contributed by atoms with Crippen LogP contribution in [0.3, 0.4) is 0 Å². The van der Waals surface area contributed by atoms with Gasteiger partial charge in [0, 0.05) is 39.3 Å². The molecule has 16 heteroatoms. The van der Waals surface area contributed by atoms with Crippen LogP contribution in [0.25, 0.3) is 0 Å². The van der Waals surface area contributed by atoms with Gasteiger partial charge >= 0.3 is 0 Å². The van der Waals surface area contributed by atoms with Gasteiger partial charge in [0.25, 0.3) is 0 Å². The first-order chi connectivity index (χ1) is 22.8. The van der Waals surface area contributed by atoms with Crippen molar-refractivity contribution in [2.75, 3.05) is 40.5 Å². The molecule has 0 saturated heterocycles. The second-order valence-corrected chi connectivity index (χ2v) is 16.7. The summed E-state index contributed by atoms with van der Waals surface area (Å²) in [4.78, 5) is 24.6. The Labute approximate surface area is 291 Å². The maximum Gasteiger partial charge on any atom is 0.224 e. The maximum atomic E-state index is 12.9. The fourth-order valence-corrected chi connectivity index (χ4v) is 11.1. The third kappa shape index (κ3) is 9.47. The van der Waals surface area contributed by atoms with Crippen LogP contribution in [0, 0.1) is 46.3 Å². The number of hydrogen-bond acceptors (Lipinski definition) is 10. The first-order valence-electron chi connectivity index (χ1n) is 15.1. The first-order valence-corrected chi connectivity index (χ1v) is 18.9. The highest BCUT2D eigenvalue weighted by Crippen LogP contribution is 2.41. The SMILES string of the molecule is COC[C@@H]1C[C@@H](S(=O)(=O)c2ccccc2Cl)C[C@H]1C(=O)NCC#N.COC[C@@H]1C[C@H](S(=O)(=O)c2ccccc2Cl)C[C@H]1C(=O)NCC#N. The number of carbonyl (C=O) groups excluding carboxylic acids is 2. The second-order valence-electron chi connectivity index (χ2n) is 11.5. The Balaban J connectivity index is 0.000000260. The number of ether oxygens (including phenoxy) is 2. The number of benzene rings is 2. The molecule has 48 heavy (non-hydrogen) atoms. The summed E-state index contributed by atoms with van der Waals surface area (Å²) in [7, 11) is -4.25.